The highest BCUT2D eigenvalue weighted by molar-refractivity contribution is 5.84. The molecule has 0 unspecified atom stereocenters. The highest BCUT2D eigenvalue weighted by atomic mass is 16.3. The second-order valence-electron chi connectivity index (χ2n) is 9.40. The van der Waals surface area contributed by atoms with Gasteiger partial charge in [-0.25, -0.2) is 0 Å². The maximum Gasteiger partial charge on any atom is 0.0998 e. The van der Waals surface area contributed by atoms with E-state index in [1.807, 2.05) is 6.92 Å². The SMILES string of the molecule is CCCCCCCC/C=C/CCCCCCCC1=NC(C)(C)CN1C[C@@H](C)O. The van der Waals surface area contributed by atoms with E-state index in [4.69, 9.17) is 4.99 Å². The number of allylic oxidation sites excluding steroid dienone is 2. The molecule has 0 aliphatic carbocycles. The van der Waals surface area contributed by atoms with Crippen LogP contribution in [0.2, 0.25) is 0 Å². The van der Waals surface area contributed by atoms with Crippen LogP contribution in [-0.4, -0.2) is 40.6 Å². The van der Waals surface area contributed by atoms with Crippen LogP contribution in [0.3, 0.4) is 0 Å². The van der Waals surface area contributed by atoms with Gasteiger partial charge in [-0.2, -0.15) is 0 Å². The lowest BCUT2D eigenvalue weighted by Crippen LogP contribution is -2.37. The Kier molecular flexibility index (Phi) is 13.6. The molecule has 0 bridgehead atoms. The lowest BCUT2D eigenvalue weighted by atomic mass is 10.1. The molecule has 164 valence electrons. The van der Waals surface area contributed by atoms with Crippen LogP contribution in [0.5, 0.6) is 0 Å². The Labute approximate surface area is 175 Å². The maximum atomic E-state index is 9.70. The normalized spacial score (nSPS) is 17.5. The summed E-state index contributed by atoms with van der Waals surface area (Å²) in [6.45, 7) is 10.2. The van der Waals surface area contributed by atoms with Crippen molar-refractivity contribution in [3.05, 3.63) is 12.2 Å². The summed E-state index contributed by atoms with van der Waals surface area (Å²) in [7, 11) is 0. The second kappa shape index (κ2) is 15.1. The molecule has 0 saturated heterocycles. The Balaban J connectivity index is 1.98. The monoisotopic (exact) mass is 392 g/mol. The molecule has 3 nitrogen and oxygen atoms in total. The fourth-order valence-electron chi connectivity index (χ4n) is 4.07. The smallest absolute Gasteiger partial charge is 0.0998 e. The maximum absolute atomic E-state index is 9.70. The number of aliphatic hydroxyl groups excluding tert-OH is 1. The van der Waals surface area contributed by atoms with Crippen LogP contribution in [0.4, 0.5) is 0 Å². The number of hydrogen-bond acceptors (Lipinski definition) is 3. The number of hydrogen-bond donors (Lipinski definition) is 1. The van der Waals surface area contributed by atoms with Gasteiger partial charge >= 0.3 is 0 Å². The van der Waals surface area contributed by atoms with Gasteiger partial charge in [-0.1, -0.05) is 70.4 Å². The van der Waals surface area contributed by atoms with Crippen molar-refractivity contribution < 1.29 is 5.11 Å². The van der Waals surface area contributed by atoms with Gasteiger partial charge in [0.1, 0.15) is 0 Å². The van der Waals surface area contributed by atoms with Crippen LogP contribution in [0.25, 0.3) is 0 Å². The van der Waals surface area contributed by atoms with E-state index in [-0.39, 0.29) is 11.6 Å². The molecule has 1 N–H and O–H groups in total. The number of nitrogens with zero attached hydrogens (tertiary/aromatic N) is 2. The topological polar surface area (TPSA) is 35.8 Å². The molecule has 28 heavy (non-hydrogen) atoms. The van der Waals surface area contributed by atoms with Crippen molar-refractivity contribution in [1.29, 1.82) is 0 Å². The molecule has 1 atom stereocenters. The minimum Gasteiger partial charge on any atom is -0.392 e. The van der Waals surface area contributed by atoms with Gasteiger partial charge in [0.25, 0.3) is 0 Å². The molecule has 1 rings (SSSR count). The Bertz CT molecular complexity index is 440. The highest BCUT2D eigenvalue weighted by Gasteiger charge is 2.30. The fraction of sp³-hybridized carbons (Fsp3) is 0.880. The summed E-state index contributed by atoms with van der Waals surface area (Å²) in [5.74, 6) is 1.21. The zero-order valence-electron chi connectivity index (χ0n) is 19.4. The number of aliphatic hydroxyl groups is 1. The number of amidine groups is 1. The molecular formula is C25H48N2O. The first kappa shape index (κ1) is 25.2. The van der Waals surface area contributed by atoms with Crippen molar-refractivity contribution >= 4 is 5.84 Å². The number of β-amino-alcohol motifs (C(OH)–C–C–N with tert-alkyl or cyclic N) is 1. The van der Waals surface area contributed by atoms with Gasteiger partial charge < -0.3 is 10.0 Å². The lowest BCUT2D eigenvalue weighted by Gasteiger charge is -2.24. The van der Waals surface area contributed by atoms with Crippen LogP contribution in [0, 0.1) is 0 Å². The first-order valence-electron chi connectivity index (χ1n) is 12.1. The van der Waals surface area contributed by atoms with E-state index in [0.717, 1.165) is 13.0 Å². The van der Waals surface area contributed by atoms with Crippen molar-refractivity contribution in [2.75, 3.05) is 13.1 Å². The predicted molar refractivity (Wildman–Crippen MR) is 124 cm³/mol. The van der Waals surface area contributed by atoms with Crippen molar-refractivity contribution in [1.82, 2.24) is 4.90 Å². The first-order valence-corrected chi connectivity index (χ1v) is 12.1. The Morgan fingerprint density at radius 1 is 0.929 bits per heavy atom. The molecule has 1 aliphatic rings. The third-order valence-corrected chi connectivity index (χ3v) is 5.52. The largest absolute Gasteiger partial charge is 0.392 e. The van der Waals surface area contributed by atoms with Gasteiger partial charge in [-0.3, -0.25) is 4.99 Å². The molecule has 0 aromatic rings. The number of aliphatic imine (C=N–C) groups is 1. The van der Waals surface area contributed by atoms with Crippen LogP contribution in [0.1, 0.15) is 118 Å². The van der Waals surface area contributed by atoms with E-state index in [9.17, 15) is 5.11 Å². The minimum atomic E-state index is -0.284. The van der Waals surface area contributed by atoms with Crippen molar-refractivity contribution in [3.63, 3.8) is 0 Å². The van der Waals surface area contributed by atoms with Gasteiger partial charge in [0.05, 0.1) is 17.5 Å². The van der Waals surface area contributed by atoms with Gasteiger partial charge in [-0.15, -0.1) is 0 Å². The Morgan fingerprint density at radius 2 is 1.46 bits per heavy atom. The minimum absolute atomic E-state index is 0.00602. The standard InChI is InChI=1S/C25H48N2O/c1-5-6-7-8-9-10-11-12-13-14-15-16-17-18-19-20-24-26-25(3,4)22-27(24)21-23(2)28/h12-13,23,28H,5-11,14-22H2,1-4H3/b13-12+/t23-/m1/s1. The molecule has 1 aliphatic heterocycles. The van der Waals surface area contributed by atoms with Crippen molar-refractivity contribution in [2.45, 2.75) is 129 Å². The quantitative estimate of drug-likeness (QED) is 0.216. The third kappa shape index (κ3) is 12.6. The summed E-state index contributed by atoms with van der Waals surface area (Å²) in [5.41, 5.74) is 0.00602. The van der Waals surface area contributed by atoms with E-state index < -0.39 is 0 Å². The first-order chi connectivity index (χ1) is 13.4. The molecule has 0 aromatic heterocycles. The molecule has 0 fully saturated rings. The summed E-state index contributed by atoms with van der Waals surface area (Å²) < 4.78 is 0. The lowest BCUT2D eigenvalue weighted by molar-refractivity contribution is 0.157. The summed E-state index contributed by atoms with van der Waals surface area (Å²) in [5, 5.41) is 9.70. The molecule has 0 amide bonds. The fourth-order valence-corrected chi connectivity index (χ4v) is 4.07. The number of unbranched alkanes of at least 4 members (excludes halogenated alkanes) is 11. The Morgan fingerprint density at radius 3 is 2.04 bits per heavy atom. The molecule has 0 radical (unpaired) electrons. The Hall–Kier alpha value is -0.830. The molecule has 0 aromatic carbocycles. The van der Waals surface area contributed by atoms with Crippen molar-refractivity contribution in [3.8, 4) is 0 Å². The average molecular weight is 393 g/mol. The molecule has 3 heteroatoms. The van der Waals surface area contributed by atoms with E-state index in [1.165, 1.54) is 89.3 Å². The third-order valence-electron chi connectivity index (χ3n) is 5.52. The molecule has 0 spiro atoms. The van der Waals surface area contributed by atoms with Crippen LogP contribution in [0.15, 0.2) is 17.1 Å². The molecule has 1 heterocycles. The van der Waals surface area contributed by atoms with Crippen LogP contribution >= 0.6 is 0 Å². The van der Waals surface area contributed by atoms with Gasteiger partial charge in [0.2, 0.25) is 0 Å². The molecular weight excluding hydrogens is 344 g/mol. The zero-order chi connectivity index (χ0) is 20.7. The summed E-state index contributed by atoms with van der Waals surface area (Å²) in [6.07, 6.45) is 23.0. The predicted octanol–water partition coefficient (Wildman–Crippen LogP) is 6.90. The van der Waals surface area contributed by atoms with E-state index in [0.29, 0.717) is 6.54 Å². The highest BCUT2D eigenvalue weighted by Crippen LogP contribution is 2.23. The molecule has 0 saturated carbocycles. The van der Waals surface area contributed by atoms with E-state index >= 15 is 0 Å². The zero-order valence-corrected chi connectivity index (χ0v) is 19.4. The van der Waals surface area contributed by atoms with Gasteiger partial charge in [-0.05, 0) is 52.9 Å². The summed E-state index contributed by atoms with van der Waals surface area (Å²) in [6, 6.07) is 0. The summed E-state index contributed by atoms with van der Waals surface area (Å²) in [4.78, 5) is 7.17. The average Bonchev–Trinajstić information content (AvgIpc) is 2.91. The second-order valence-corrected chi connectivity index (χ2v) is 9.40. The van der Waals surface area contributed by atoms with Crippen LogP contribution in [-0.2, 0) is 0 Å². The number of rotatable bonds is 17. The van der Waals surface area contributed by atoms with Crippen molar-refractivity contribution in [2.24, 2.45) is 4.99 Å². The van der Waals surface area contributed by atoms with Gasteiger partial charge in [0, 0.05) is 19.5 Å². The van der Waals surface area contributed by atoms with Gasteiger partial charge in [0.15, 0.2) is 0 Å². The van der Waals surface area contributed by atoms with E-state index in [1.54, 1.807) is 0 Å². The van der Waals surface area contributed by atoms with Crippen LogP contribution < -0.4 is 0 Å². The summed E-state index contributed by atoms with van der Waals surface area (Å²) >= 11 is 0. The van der Waals surface area contributed by atoms with E-state index in [2.05, 4.69) is 37.8 Å².